The predicted molar refractivity (Wildman–Crippen MR) is 115 cm³/mol. The molecule has 0 saturated heterocycles. The van der Waals surface area contributed by atoms with Crippen LogP contribution in [0.5, 0.6) is 5.75 Å². The average Bonchev–Trinajstić information content (AvgIpc) is 2.94. The second kappa shape index (κ2) is 9.16. The smallest absolute Gasteiger partial charge is 0.337 e. The number of nitrogens with zero attached hydrogens (tertiary/aromatic N) is 1. The van der Waals surface area contributed by atoms with Crippen LogP contribution in [0.2, 0.25) is 5.02 Å². The summed E-state index contributed by atoms with van der Waals surface area (Å²) in [5.74, 6) is -0.102. The number of halogens is 1. The van der Waals surface area contributed by atoms with E-state index in [4.69, 9.17) is 16.3 Å². The zero-order valence-electron chi connectivity index (χ0n) is 16.8. The Bertz CT molecular complexity index is 1010. The van der Waals surface area contributed by atoms with Crippen LogP contribution in [-0.2, 0) is 19.6 Å². The van der Waals surface area contributed by atoms with Crippen molar-refractivity contribution in [2.75, 3.05) is 7.11 Å². The van der Waals surface area contributed by atoms with Crippen molar-refractivity contribution < 1.29 is 14.6 Å². The fraction of sp³-hybridized carbons (Fsp3) is 0.261. The summed E-state index contributed by atoms with van der Waals surface area (Å²) in [7, 11) is 1.64. The minimum Gasteiger partial charge on any atom is -0.497 e. The van der Waals surface area contributed by atoms with Gasteiger partial charge in [-0.15, -0.1) is 0 Å². The minimum absolute atomic E-state index is 0.358. The number of carboxylic acids is 1. The highest BCUT2D eigenvalue weighted by atomic mass is 35.5. The van der Waals surface area contributed by atoms with E-state index in [1.807, 2.05) is 66.9 Å². The molecule has 0 aliphatic heterocycles. The summed E-state index contributed by atoms with van der Waals surface area (Å²) < 4.78 is 7.20. The summed E-state index contributed by atoms with van der Waals surface area (Å²) >= 11 is 6.31. The van der Waals surface area contributed by atoms with Gasteiger partial charge in [-0.05, 0) is 43.2 Å². The van der Waals surface area contributed by atoms with E-state index in [1.165, 1.54) is 0 Å². The molecule has 152 valence electrons. The molecule has 3 rings (SSSR count). The highest BCUT2D eigenvalue weighted by Crippen LogP contribution is 2.26. The lowest BCUT2D eigenvalue weighted by atomic mass is 10.1. The lowest BCUT2D eigenvalue weighted by Crippen LogP contribution is -2.15. The third-order valence-corrected chi connectivity index (χ3v) is 5.57. The van der Waals surface area contributed by atoms with Gasteiger partial charge >= 0.3 is 5.97 Å². The van der Waals surface area contributed by atoms with E-state index in [-0.39, 0.29) is 0 Å². The maximum absolute atomic E-state index is 12.0. The Morgan fingerprint density at radius 3 is 2.38 bits per heavy atom. The van der Waals surface area contributed by atoms with Crippen molar-refractivity contribution in [1.29, 1.82) is 0 Å². The van der Waals surface area contributed by atoms with Crippen LogP contribution < -0.4 is 10.1 Å². The van der Waals surface area contributed by atoms with Gasteiger partial charge in [-0.2, -0.15) is 0 Å². The maximum atomic E-state index is 12.0. The number of carboxylic acid groups (broad SMARTS) is 1. The molecule has 1 aromatic heterocycles. The van der Waals surface area contributed by atoms with E-state index in [0.29, 0.717) is 30.2 Å². The van der Waals surface area contributed by atoms with Gasteiger partial charge in [0, 0.05) is 41.6 Å². The van der Waals surface area contributed by atoms with E-state index in [9.17, 15) is 9.90 Å². The Morgan fingerprint density at radius 2 is 1.76 bits per heavy atom. The van der Waals surface area contributed by atoms with Gasteiger partial charge in [-0.3, -0.25) is 0 Å². The SMILES string of the molecule is COc1ccc(CNCc2c(C(=O)O)c(C)n(Cc3ccccc3Cl)c2C)cc1. The molecule has 2 aromatic carbocycles. The highest BCUT2D eigenvalue weighted by Gasteiger charge is 2.22. The molecule has 5 nitrogen and oxygen atoms in total. The molecule has 29 heavy (non-hydrogen) atoms. The van der Waals surface area contributed by atoms with Gasteiger partial charge < -0.3 is 19.7 Å². The Hall–Kier alpha value is -2.76. The molecular formula is C23H25ClN2O3. The number of carbonyl (C=O) groups is 1. The van der Waals surface area contributed by atoms with Crippen molar-refractivity contribution in [3.05, 3.63) is 87.2 Å². The van der Waals surface area contributed by atoms with Crippen LogP contribution in [0.1, 0.15) is 38.4 Å². The number of aromatic nitrogens is 1. The Labute approximate surface area is 175 Å². The molecule has 0 fully saturated rings. The number of rotatable bonds is 8. The van der Waals surface area contributed by atoms with Crippen molar-refractivity contribution in [2.24, 2.45) is 0 Å². The van der Waals surface area contributed by atoms with Crippen molar-refractivity contribution in [1.82, 2.24) is 9.88 Å². The molecule has 0 atom stereocenters. The standard InChI is InChI=1S/C23H25ClN2O3/c1-15-20(13-25-12-17-8-10-19(29-3)11-9-17)22(23(27)28)16(2)26(15)14-18-6-4-5-7-21(18)24/h4-11,25H,12-14H2,1-3H3,(H,27,28). The number of hydrogen-bond acceptors (Lipinski definition) is 3. The van der Waals surface area contributed by atoms with Crippen LogP contribution in [-0.4, -0.2) is 22.8 Å². The van der Waals surface area contributed by atoms with E-state index in [1.54, 1.807) is 7.11 Å². The Morgan fingerprint density at radius 1 is 1.07 bits per heavy atom. The molecule has 1 heterocycles. The average molecular weight is 413 g/mol. The van der Waals surface area contributed by atoms with Gasteiger partial charge in [0.05, 0.1) is 12.7 Å². The fourth-order valence-electron chi connectivity index (χ4n) is 3.56. The van der Waals surface area contributed by atoms with Crippen LogP contribution in [0, 0.1) is 13.8 Å². The van der Waals surface area contributed by atoms with Crippen LogP contribution >= 0.6 is 11.6 Å². The van der Waals surface area contributed by atoms with Crippen molar-refractivity contribution >= 4 is 17.6 Å². The second-order valence-corrected chi connectivity index (χ2v) is 7.37. The normalized spacial score (nSPS) is 10.9. The quantitative estimate of drug-likeness (QED) is 0.557. The lowest BCUT2D eigenvalue weighted by molar-refractivity contribution is 0.0694. The zero-order chi connectivity index (χ0) is 21.0. The van der Waals surface area contributed by atoms with Crippen molar-refractivity contribution in [3.8, 4) is 5.75 Å². The van der Waals surface area contributed by atoms with Crippen LogP contribution in [0.3, 0.4) is 0 Å². The van der Waals surface area contributed by atoms with Crippen LogP contribution in [0.4, 0.5) is 0 Å². The molecule has 2 N–H and O–H groups in total. The Kier molecular flexibility index (Phi) is 6.62. The topological polar surface area (TPSA) is 63.5 Å². The predicted octanol–water partition coefficient (Wildman–Crippen LogP) is 4.80. The van der Waals surface area contributed by atoms with Crippen LogP contribution in [0.15, 0.2) is 48.5 Å². The number of aromatic carboxylic acids is 1. The molecule has 6 heteroatoms. The monoisotopic (exact) mass is 412 g/mol. The third-order valence-electron chi connectivity index (χ3n) is 5.20. The third kappa shape index (κ3) is 4.63. The number of methoxy groups -OCH3 is 1. The van der Waals surface area contributed by atoms with Crippen molar-refractivity contribution in [3.63, 3.8) is 0 Å². The van der Waals surface area contributed by atoms with Gasteiger partial charge in [0.25, 0.3) is 0 Å². The summed E-state index contributed by atoms with van der Waals surface area (Å²) in [6.07, 6.45) is 0. The van der Waals surface area contributed by atoms with Crippen LogP contribution in [0.25, 0.3) is 0 Å². The van der Waals surface area contributed by atoms with Gasteiger partial charge in [0.15, 0.2) is 0 Å². The van der Waals surface area contributed by atoms with E-state index in [2.05, 4.69) is 5.32 Å². The number of benzene rings is 2. The second-order valence-electron chi connectivity index (χ2n) is 6.96. The van der Waals surface area contributed by atoms with E-state index < -0.39 is 5.97 Å². The summed E-state index contributed by atoms with van der Waals surface area (Å²) in [4.78, 5) is 12.0. The summed E-state index contributed by atoms with van der Waals surface area (Å²) in [6, 6.07) is 15.4. The lowest BCUT2D eigenvalue weighted by Gasteiger charge is -2.11. The first-order valence-electron chi connectivity index (χ1n) is 9.41. The highest BCUT2D eigenvalue weighted by molar-refractivity contribution is 6.31. The maximum Gasteiger partial charge on any atom is 0.337 e. The molecule has 0 spiro atoms. The summed E-state index contributed by atoms with van der Waals surface area (Å²) in [5, 5.41) is 13.8. The molecule has 0 amide bonds. The molecule has 0 aliphatic carbocycles. The van der Waals surface area contributed by atoms with Gasteiger partial charge in [-0.25, -0.2) is 4.79 Å². The van der Waals surface area contributed by atoms with Gasteiger partial charge in [0.1, 0.15) is 5.75 Å². The van der Waals surface area contributed by atoms with Gasteiger partial charge in [-0.1, -0.05) is 41.9 Å². The number of ether oxygens (including phenoxy) is 1. The van der Waals surface area contributed by atoms with Gasteiger partial charge in [0.2, 0.25) is 0 Å². The summed E-state index contributed by atoms with van der Waals surface area (Å²) in [6.45, 7) is 5.45. The molecule has 0 radical (unpaired) electrons. The Balaban J connectivity index is 1.81. The molecular weight excluding hydrogens is 388 g/mol. The minimum atomic E-state index is -0.912. The fourth-order valence-corrected chi connectivity index (χ4v) is 3.75. The molecule has 0 bridgehead atoms. The first-order valence-corrected chi connectivity index (χ1v) is 9.79. The molecule has 0 unspecified atom stereocenters. The first-order chi connectivity index (χ1) is 13.9. The first kappa shape index (κ1) is 21.0. The van der Waals surface area contributed by atoms with Crippen molar-refractivity contribution in [2.45, 2.75) is 33.5 Å². The van der Waals surface area contributed by atoms with E-state index >= 15 is 0 Å². The largest absolute Gasteiger partial charge is 0.497 e. The molecule has 0 aliphatic rings. The number of nitrogens with one attached hydrogen (secondary N) is 1. The van der Waals surface area contributed by atoms with E-state index in [0.717, 1.165) is 33.8 Å². The zero-order valence-corrected chi connectivity index (χ0v) is 17.6. The number of hydrogen-bond donors (Lipinski definition) is 2. The molecule has 3 aromatic rings. The summed E-state index contributed by atoms with van der Waals surface area (Å²) in [5.41, 5.74) is 4.89. The molecule has 0 saturated carbocycles.